The van der Waals surface area contributed by atoms with Gasteiger partial charge in [-0.3, -0.25) is 5.10 Å². The summed E-state index contributed by atoms with van der Waals surface area (Å²) in [4.78, 5) is 0. The van der Waals surface area contributed by atoms with E-state index < -0.39 is 0 Å². The molecule has 0 spiro atoms. The number of nitrogens with one attached hydrogen (secondary N) is 2. The molecule has 1 aromatic rings. The third kappa shape index (κ3) is 4.79. The summed E-state index contributed by atoms with van der Waals surface area (Å²) in [7, 11) is 0. The molecule has 0 aromatic carbocycles. The Morgan fingerprint density at radius 1 is 1.38 bits per heavy atom. The van der Waals surface area contributed by atoms with E-state index in [1.165, 1.54) is 24.1 Å². The van der Waals surface area contributed by atoms with E-state index in [1.807, 2.05) is 6.20 Å². The van der Waals surface area contributed by atoms with Gasteiger partial charge in [-0.2, -0.15) is 5.10 Å². The zero-order valence-corrected chi connectivity index (χ0v) is 11.0. The lowest BCUT2D eigenvalue weighted by molar-refractivity contribution is 0.439. The number of H-pyrrole nitrogens is 1. The quantitative estimate of drug-likeness (QED) is 0.698. The van der Waals surface area contributed by atoms with Crippen molar-refractivity contribution in [3.05, 3.63) is 17.5 Å². The van der Waals surface area contributed by atoms with E-state index in [9.17, 15) is 0 Å². The average Bonchev–Trinajstić information content (AvgIpc) is 2.58. The molecular weight excluding hydrogens is 198 g/mol. The third-order valence-electron chi connectivity index (χ3n) is 2.87. The Bertz CT molecular complexity index is 291. The van der Waals surface area contributed by atoms with E-state index in [0.29, 0.717) is 6.04 Å². The van der Waals surface area contributed by atoms with Gasteiger partial charge in [-0.15, -0.1) is 0 Å². The molecule has 3 heteroatoms. The summed E-state index contributed by atoms with van der Waals surface area (Å²) >= 11 is 0. The molecule has 92 valence electrons. The zero-order chi connectivity index (χ0) is 12.0. The number of nitrogens with zero attached hydrogens (tertiary/aromatic N) is 1. The predicted molar refractivity (Wildman–Crippen MR) is 68.6 cm³/mol. The highest BCUT2D eigenvalue weighted by Crippen LogP contribution is 2.06. The summed E-state index contributed by atoms with van der Waals surface area (Å²) in [6.07, 6.45) is 5.49. The second kappa shape index (κ2) is 6.69. The molecule has 0 fully saturated rings. The monoisotopic (exact) mass is 223 g/mol. The molecule has 1 heterocycles. The Balaban J connectivity index is 2.10. The van der Waals surface area contributed by atoms with Crippen LogP contribution in [0.1, 0.15) is 44.9 Å². The Morgan fingerprint density at radius 3 is 2.69 bits per heavy atom. The first-order valence-corrected chi connectivity index (χ1v) is 6.31. The first-order chi connectivity index (χ1) is 7.59. The number of aryl methyl sites for hydroxylation is 2. The highest BCUT2D eigenvalue weighted by atomic mass is 15.1. The van der Waals surface area contributed by atoms with Crippen molar-refractivity contribution >= 4 is 0 Å². The van der Waals surface area contributed by atoms with Gasteiger partial charge in [0.1, 0.15) is 0 Å². The largest absolute Gasteiger partial charge is 0.314 e. The van der Waals surface area contributed by atoms with Crippen molar-refractivity contribution < 1.29 is 0 Å². The summed E-state index contributed by atoms with van der Waals surface area (Å²) in [6.45, 7) is 9.98. The second-order valence-electron chi connectivity index (χ2n) is 5.11. The Kier molecular flexibility index (Phi) is 5.53. The first-order valence-electron chi connectivity index (χ1n) is 6.31. The molecule has 0 aliphatic carbocycles. The van der Waals surface area contributed by atoms with E-state index in [0.717, 1.165) is 18.9 Å². The van der Waals surface area contributed by atoms with Gasteiger partial charge in [-0.05, 0) is 51.1 Å². The fourth-order valence-electron chi connectivity index (χ4n) is 2.05. The first kappa shape index (κ1) is 13.2. The van der Waals surface area contributed by atoms with Crippen LogP contribution in [0.15, 0.2) is 6.20 Å². The van der Waals surface area contributed by atoms with E-state index in [2.05, 4.69) is 43.2 Å². The number of rotatable bonds is 7. The van der Waals surface area contributed by atoms with Crippen molar-refractivity contribution in [2.45, 2.75) is 53.0 Å². The van der Waals surface area contributed by atoms with Gasteiger partial charge in [0, 0.05) is 11.7 Å². The van der Waals surface area contributed by atoms with Crippen LogP contribution in [0, 0.1) is 12.8 Å². The molecule has 1 atom stereocenters. The molecule has 0 aliphatic rings. The van der Waals surface area contributed by atoms with Crippen LogP contribution in [0.5, 0.6) is 0 Å². The van der Waals surface area contributed by atoms with Gasteiger partial charge in [0.05, 0.1) is 6.20 Å². The Hall–Kier alpha value is -0.830. The summed E-state index contributed by atoms with van der Waals surface area (Å²) < 4.78 is 0. The van der Waals surface area contributed by atoms with Crippen LogP contribution in [-0.2, 0) is 6.42 Å². The minimum Gasteiger partial charge on any atom is -0.314 e. The van der Waals surface area contributed by atoms with Gasteiger partial charge in [0.25, 0.3) is 0 Å². The molecule has 1 rings (SSSR count). The molecule has 3 nitrogen and oxygen atoms in total. The molecule has 0 saturated carbocycles. The number of aromatic nitrogens is 2. The van der Waals surface area contributed by atoms with Gasteiger partial charge in [0.2, 0.25) is 0 Å². The normalized spacial score (nSPS) is 13.3. The zero-order valence-electron chi connectivity index (χ0n) is 11.0. The molecule has 0 aliphatic heterocycles. The Morgan fingerprint density at radius 2 is 2.12 bits per heavy atom. The molecule has 0 amide bonds. The van der Waals surface area contributed by atoms with Crippen molar-refractivity contribution in [1.29, 1.82) is 0 Å². The number of hydrogen-bond acceptors (Lipinski definition) is 2. The lowest BCUT2D eigenvalue weighted by Gasteiger charge is -2.15. The second-order valence-corrected chi connectivity index (χ2v) is 5.11. The van der Waals surface area contributed by atoms with Gasteiger partial charge in [-0.25, -0.2) is 0 Å². The van der Waals surface area contributed by atoms with Crippen molar-refractivity contribution in [3.8, 4) is 0 Å². The van der Waals surface area contributed by atoms with Gasteiger partial charge >= 0.3 is 0 Å². The summed E-state index contributed by atoms with van der Waals surface area (Å²) in [5.41, 5.74) is 2.55. The van der Waals surface area contributed by atoms with Crippen molar-refractivity contribution in [2.75, 3.05) is 6.54 Å². The topological polar surface area (TPSA) is 40.7 Å². The maximum absolute atomic E-state index is 4.03. The van der Waals surface area contributed by atoms with Crippen LogP contribution >= 0.6 is 0 Å². The highest BCUT2D eigenvalue weighted by Gasteiger charge is 2.04. The lowest BCUT2D eigenvalue weighted by Crippen LogP contribution is -2.28. The van der Waals surface area contributed by atoms with Crippen LogP contribution in [0.25, 0.3) is 0 Å². The van der Waals surface area contributed by atoms with Crippen LogP contribution < -0.4 is 5.32 Å². The molecule has 0 bridgehead atoms. The van der Waals surface area contributed by atoms with Crippen LogP contribution in [0.2, 0.25) is 0 Å². The molecule has 1 unspecified atom stereocenters. The van der Waals surface area contributed by atoms with Crippen molar-refractivity contribution in [3.63, 3.8) is 0 Å². The van der Waals surface area contributed by atoms with Crippen LogP contribution in [0.3, 0.4) is 0 Å². The molecule has 0 radical (unpaired) electrons. The standard InChI is InChI=1S/C13H25N3/c1-10(2)8-11(3)14-7-5-6-13-9-15-16-12(13)4/h9-11,14H,5-8H2,1-4H3,(H,15,16). The lowest BCUT2D eigenvalue weighted by atomic mass is 10.1. The van der Waals surface area contributed by atoms with Crippen LogP contribution in [-0.4, -0.2) is 22.8 Å². The smallest absolute Gasteiger partial charge is 0.0522 e. The molecule has 0 saturated heterocycles. The fourth-order valence-corrected chi connectivity index (χ4v) is 2.05. The number of aromatic amines is 1. The minimum atomic E-state index is 0.630. The van der Waals surface area contributed by atoms with Crippen LogP contribution in [0.4, 0.5) is 0 Å². The van der Waals surface area contributed by atoms with Crippen molar-refractivity contribution in [1.82, 2.24) is 15.5 Å². The molecule has 16 heavy (non-hydrogen) atoms. The summed E-state index contributed by atoms with van der Waals surface area (Å²) in [6, 6.07) is 0.630. The fraction of sp³-hybridized carbons (Fsp3) is 0.769. The van der Waals surface area contributed by atoms with E-state index in [4.69, 9.17) is 0 Å². The SMILES string of the molecule is Cc1[nH]ncc1CCCNC(C)CC(C)C. The average molecular weight is 223 g/mol. The summed E-state index contributed by atoms with van der Waals surface area (Å²) in [5, 5.41) is 10.6. The molecule has 1 aromatic heterocycles. The molecular formula is C13H25N3. The predicted octanol–water partition coefficient (Wildman–Crippen LogP) is 2.67. The number of hydrogen-bond donors (Lipinski definition) is 2. The maximum atomic E-state index is 4.03. The van der Waals surface area contributed by atoms with E-state index in [1.54, 1.807) is 0 Å². The van der Waals surface area contributed by atoms with Gasteiger partial charge in [-0.1, -0.05) is 13.8 Å². The minimum absolute atomic E-state index is 0.630. The van der Waals surface area contributed by atoms with E-state index >= 15 is 0 Å². The molecule has 2 N–H and O–H groups in total. The Labute approximate surface area is 99.0 Å². The van der Waals surface area contributed by atoms with Crippen molar-refractivity contribution in [2.24, 2.45) is 5.92 Å². The summed E-state index contributed by atoms with van der Waals surface area (Å²) in [5.74, 6) is 0.776. The maximum Gasteiger partial charge on any atom is 0.0522 e. The van der Waals surface area contributed by atoms with Gasteiger partial charge < -0.3 is 5.32 Å². The van der Waals surface area contributed by atoms with Gasteiger partial charge in [0.15, 0.2) is 0 Å². The van der Waals surface area contributed by atoms with E-state index in [-0.39, 0.29) is 0 Å². The third-order valence-corrected chi connectivity index (χ3v) is 2.87. The highest BCUT2D eigenvalue weighted by molar-refractivity contribution is 5.14.